The fourth-order valence-corrected chi connectivity index (χ4v) is 3.60. The number of nitrogens with one attached hydrogen (secondary N) is 1. The Morgan fingerprint density at radius 3 is 2.53 bits per heavy atom. The summed E-state index contributed by atoms with van der Waals surface area (Å²) in [5.74, 6) is 0.942. The van der Waals surface area contributed by atoms with Crippen molar-refractivity contribution in [3.63, 3.8) is 0 Å². The van der Waals surface area contributed by atoms with Crippen LogP contribution in [-0.4, -0.2) is 24.7 Å². The summed E-state index contributed by atoms with van der Waals surface area (Å²) < 4.78 is 5.53. The second-order valence-electron chi connectivity index (χ2n) is 6.21. The van der Waals surface area contributed by atoms with Crippen molar-refractivity contribution >= 4 is 11.3 Å². The largest absolute Gasteiger partial charge is 0.382 e. The zero-order valence-electron chi connectivity index (χ0n) is 12.7. The van der Waals surface area contributed by atoms with Gasteiger partial charge in [0.25, 0.3) is 0 Å². The third-order valence-electron chi connectivity index (χ3n) is 3.89. The summed E-state index contributed by atoms with van der Waals surface area (Å²) in [6.45, 7) is 9.59. The van der Waals surface area contributed by atoms with E-state index in [2.05, 4.69) is 38.4 Å². The molecule has 1 aromatic rings. The Hall–Kier alpha value is -0.450. The molecule has 1 unspecified atom stereocenters. The minimum atomic E-state index is -0.131. The van der Waals surface area contributed by atoms with Crippen molar-refractivity contribution in [3.8, 4) is 0 Å². The molecule has 108 valence electrons. The molecular weight excluding hydrogens is 256 g/mol. The van der Waals surface area contributed by atoms with Gasteiger partial charge in [0.2, 0.25) is 0 Å². The number of nitrogens with zero attached hydrogens (tertiary/aromatic N) is 1. The summed E-state index contributed by atoms with van der Waals surface area (Å²) in [4.78, 5) is 4.88. The zero-order valence-corrected chi connectivity index (χ0v) is 13.5. The Morgan fingerprint density at radius 2 is 2.11 bits per heavy atom. The molecule has 0 bridgehead atoms. The van der Waals surface area contributed by atoms with E-state index in [9.17, 15) is 0 Å². The van der Waals surface area contributed by atoms with E-state index < -0.39 is 0 Å². The maximum absolute atomic E-state index is 5.53. The van der Waals surface area contributed by atoms with Crippen LogP contribution < -0.4 is 5.32 Å². The molecule has 1 aliphatic carbocycles. The average molecular weight is 282 g/mol. The van der Waals surface area contributed by atoms with Crippen molar-refractivity contribution in [2.24, 2.45) is 5.92 Å². The maximum atomic E-state index is 5.53. The molecule has 0 aromatic carbocycles. The molecule has 4 heteroatoms. The lowest BCUT2D eigenvalue weighted by atomic mass is 9.87. The molecule has 3 nitrogen and oxygen atoms in total. The van der Waals surface area contributed by atoms with Crippen molar-refractivity contribution in [3.05, 3.63) is 16.1 Å². The van der Waals surface area contributed by atoms with Crippen LogP contribution in [0.2, 0.25) is 0 Å². The number of ether oxygens (including phenoxy) is 1. The zero-order chi connectivity index (χ0) is 14.0. The predicted molar refractivity (Wildman–Crippen MR) is 80.8 cm³/mol. The van der Waals surface area contributed by atoms with Gasteiger partial charge in [-0.05, 0) is 24.7 Å². The van der Waals surface area contributed by atoms with Gasteiger partial charge in [0.1, 0.15) is 5.01 Å². The topological polar surface area (TPSA) is 34.1 Å². The highest BCUT2D eigenvalue weighted by atomic mass is 32.1. The average Bonchev–Trinajstić information content (AvgIpc) is 3.01. The number of rotatable bonds is 7. The molecule has 0 amide bonds. The van der Waals surface area contributed by atoms with E-state index >= 15 is 0 Å². The van der Waals surface area contributed by atoms with Crippen LogP contribution in [0.4, 0.5) is 0 Å². The monoisotopic (exact) mass is 282 g/mol. The lowest BCUT2D eigenvalue weighted by Gasteiger charge is -2.36. The van der Waals surface area contributed by atoms with Gasteiger partial charge in [-0.3, -0.25) is 0 Å². The molecular formula is C15H26N2OS. The fraction of sp³-hybridized carbons (Fsp3) is 0.800. The summed E-state index contributed by atoms with van der Waals surface area (Å²) in [5, 5.41) is 7.17. The van der Waals surface area contributed by atoms with E-state index in [1.165, 1.54) is 23.5 Å². The number of aromatic nitrogens is 1. The number of thiazole rings is 1. The first-order valence-corrected chi connectivity index (χ1v) is 8.10. The van der Waals surface area contributed by atoms with Crippen molar-refractivity contribution < 1.29 is 4.74 Å². The number of methoxy groups -OCH3 is 1. The van der Waals surface area contributed by atoms with Gasteiger partial charge < -0.3 is 10.1 Å². The molecule has 0 saturated heterocycles. The Bertz CT molecular complexity index is 412. The Labute approximate surface area is 120 Å². The number of hydrogen-bond donors (Lipinski definition) is 1. The molecule has 0 aliphatic heterocycles. The highest BCUT2D eigenvalue weighted by Gasteiger charge is 2.42. The molecule has 1 heterocycles. The summed E-state index contributed by atoms with van der Waals surface area (Å²) >= 11 is 1.77. The molecule has 1 aromatic heterocycles. The van der Waals surface area contributed by atoms with Crippen LogP contribution in [0, 0.1) is 5.92 Å². The first-order valence-electron chi connectivity index (χ1n) is 7.22. The standard InChI is InChI=1S/C15H26N2OS/c1-10(2)13-8-19-14(16-13)15(9-18-5,11(3)4)17-12-6-7-12/h8,10-12,17H,6-7,9H2,1-5H3. The van der Waals surface area contributed by atoms with E-state index in [1.807, 2.05) is 0 Å². The Balaban J connectivity index is 2.32. The molecule has 19 heavy (non-hydrogen) atoms. The molecule has 2 rings (SSSR count). The van der Waals surface area contributed by atoms with E-state index in [4.69, 9.17) is 9.72 Å². The van der Waals surface area contributed by atoms with Crippen LogP contribution in [0.25, 0.3) is 0 Å². The second-order valence-corrected chi connectivity index (χ2v) is 7.07. The Morgan fingerprint density at radius 1 is 1.42 bits per heavy atom. The molecule has 0 radical (unpaired) electrons. The van der Waals surface area contributed by atoms with Crippen molar-refractivity contribution in [2.75, 3.05) is 13.7 Å². The summed E-state index contributed by atoms with van der Waals surface area (Å²) in [6, 6.07) is 0.643. The van der Waals surface area contributed by atoms with Crippen molar-refractivity contribution in [1.82, 2.24) is 10.3 Å². The van der Waals surface area contributed by atoms with Gasteiger partial charge in [-0.25, -0.2) is 4.98 Å². The minimum absolute atomic E-state index is 0.131. The molecule has 1 aliphatic rings. The maximum Gasteiger partial charge on any atom is 0.116 e. The van der Waals surface area contributed by atoms with Gasteiger partial charge in [-0.15, -0.1) is 11.3 Å². The van der Waals surface area contributed by atoms with Crippen LogP contribution >= 0.6 is 11.3 Å². The van der Waals surface area contributed by atoms with Gasteiger partial charge in [-0.2, -0.15) is 0 Å². The van der Waals surface area contributed by atoms with Gasteiger partial charge >= 0.3 is 0 Å². The molecule has 0 spiro atoms. The molecule has 1 fully saturated rings. The van der Waals surface area contributed by atoms with Crippen LogP contribution in [0.5, 0.6) is 0 Å². The normalized spacial score (nSPS) is 19.1. The van der Waals surface area contributed by atoms with Gasteiger partial charge in [-0.1, -0.05) is 27.7 Å². The first-order chi connectivity index (χ1) is 8.99. The summed E-state index contributed by atoms with van der Waals surface area (Å²) in [5.41, 5.74) is 1.06. The lowest BCUT2D eigenvalue weighted by molar-refractivity contribution is 0.0744. The van der Waals surface area contributed by atoms with Crippen LogP contribution in [0.15, 0.2) is 5.38 Å². The minimum Gasteiger partial charge on any atom is -0.382 e. The third kappa shape index (κ3) is 3.18. The van der Waals surface area contributed by atoms with E-state index in [0.29, 0.717) is 24.5 Å². The predicted octanol–water partition coefficient (Wildman–Crippen LogP) is 3.52. The smallest absolute Gasteiger partial charge is 0.116 e. The second kappa shape index (κ2) is 5.90. The molecule has 1 atom stereocenters. The van der Waals surface area contributed by atoms with Gasteiger partial charge in [0, 0.05) is 18.5 Å². The fourth-order valence-electron chi connectivity index (χ4n) is 2.32. The van der Waals surface area contributed by atoms with E-state index in [1.54, 1.807) is 18.4 Å². The number of hydrogen-bond acceptors (Lipinski definition) is 4. The summed E-state index contributed by atoms with van der Waals surface area (Å²) in [7, 11) is 1.78. The highest BCUT2D eigenvalue weighted by Crippen LogP contribution is 2.37. The quantitative estimate of drug-likeness (QED) is 0.831. The van der Waals surface area contributed by atoms with Gasteiger partial charge in [0.15, 0.2) is 0 Å². The molecule has 1 N–H and O–H groups in total. The third-order valence-corrected chi connectivity index (χ3v) is 4.93. The highest BCUT2D eigenvalue weighted by molar-refractivity contribution is 7.09. The van der Waals surface area contributed by atoms with E-state index in [0.717, 1.165) is 0 Å². The van der Waals surface area contributed by atoms with E-state index in [-0.39, 0.29) is 5.54 Å². The van der Waals surface area contributed by atoms with Crippen LogP contribution in [0.1, 0.15) is 57.2 Å². The Kier molecular flexibility index (Phi) is 4.64. The lowest BCUT2D eigenvalue weighted by Crippen LogP contribution is -2.51. The van der Waals surface area contributed by atoms with Gasteiger partial charge in [0.05, 0.1) is 17.8 Å². The first kappa shape index (κ1) is 14.9. The SMILES string of the molecule is COCC(NC1CC1)(c1nc(C(C)C)cs1)C(C)C. The summed E-state index contributed by atoms with van der Waals surface area (Å²) in [6.07, 6.45) is 2.56. The van der Waals surface area contributed by atoms with Crippen LogP contribution in [-0.2, 0) is 10.3 Å². The molecule has 1 saturated carbocycles. The van der Waals surface area contributed by atoms with Crippen LogP contribution in [0.3, 0.4) is 0 Å². The van der Waals surface area contributed by atoms with Crippen molar-refractivity contribution in [1.29, 1.82) is 0 Å². The van der Waals surface area contributed by atoms with Crippen molar-refractivity contribution in [2.45, 2.75) is 58.0 Å².